The minimum atomic E-state index is -4.53. The summed E-state index contributed by atoms with van der Waals surface area (Å²) in [6, 6.07) is 3.19. The number of carbonyl (C=O) groups is 1. The molecule has 1 N–H and O–H groups in total. The predicted molar refractivity (Wildman–Crippen MR) is 115 cm³/mol. The number of aromatic nitrogens is 3. The Morgan fingerprint density at radius 2 is 2.03 bits per heavy atom. The number of halogens is 4. The Balaban J connectivity index is 1.73. The molecule has 0 unspecified atom stereocenters. The van der Waals surface area contributed by atoms with Crippen molar-refractivity contribution in [1.29, 1.82) is 0 Å². The third kappa shape index (κ3) is 5.39. The zero-order valence-corrected chi connectivity index (χ0v) is 18.9. The van der Waals surface area contributed by atoms with Crippen molar-refractivity contribution in [1.82, 2.24) is 14.6 Å². The van der Waals surface area contributed by atoms with Crippen molar-refractivity contribution in [2.75, 3.05) is 5.32 Å². The van der Waals surface area contributed by atoms with Crippen LogP contribution in [0.3, 0.4) is 0 Å². The molecule has 1 atom stereocenters. The summed E-state index contributed by atoms with van der Waals surface area (Å²) in [7, 11) is 0. The van der Waals surface area contributed by atoms with E-state index >= 15 is 0 Å². The maximum absolute atomic E-state index is 12.8. The van der Waals surface area contributed by atoms with Crippen molar-refractivity contribution < 1.29 is 22.7 Å². The lowest BCUT2D eigenvalue weighted by Gasteiger charge is -2.23. The third-order valence-corrected chi connectivity index (χ3v) is 5.90. The Labute approximate surface area is 190 Å². The van der Waals surface area contributed by atoms with Gasteiger partial charge in [-0.3, -0.25) is 4.79 Å². The summed E-state index contributed by atoms with van der Waals surface area (Å²) >= 11 is 7.25. The van der Waals surface area contributed by atoms with Crippen molar-refractivity contribution >= 4 is 39.6 Å². The molecule has 2 aromatic heterocycles. The van der Waals surface area contributed by atoms with Crippen LogP contribution in [0.15, 0.2) is 29.1 Å². The van der Waals surface area contributed by atoms with Crippen LogP contribution in [-0.2, 0) is 28.7 Å². The largest absolute Gasteiger partial charge is 0.458 e. The Morgan fingerprint density at radius 3 is 2.62 bits per heavy atom. The number of aryl methyl sites for hydroxylation is 1. The number of carbonyl (C=O) groups excluding carboxylic acids is 1. The maximum Gasteiger partial charge on any atom is 0.416 e. The molecule has 0 bridgehead atoms. The van der Waals surface area contributed by atoms with Crippen LogP contribution in [0.1, 0.15) is 37.0 Å². The van der Waals surface area contributed by atoms with Gasteiger partial charge in [0, 0.05) is 6.07 Å². The topological polar surface area (TPSA) is 85.6 Å². The number of benzene rings is 1. The van der Waals surface area contributed by atoms with E-state index in [4.69, 9.17) is 16.3 Å². The highest BCUT2D eigenvalue weighted by Gasteiger charge is 2.31. The number of hydrogen-bond donors (Lipinski definition) is 1. The molecule has 12 heteroatoms. The van der Waals surface area contributed by atoms with E-state index in [1.807, 2.05) is 6.92 Å². The molecule has 0 spiro atoms. The normalized spacial score (nSPS) is 12.9. The van der Waals surface area contributed by atoms with Gasteiger partial charge in [-0.1, -0.05) is 43.7 Å². The summed E-state index contributed by atoms with van der Waals surface area (Å²) in [4.78, 5) is 29.6. The van der Waals surface area contributed by atoms with Gasteiger partial charge in [0.15, 0.2) is 0 Å². The summed E-state index contributed by atoms with van der Waals surface area (Å²) in [5.41, 5.74) is -0.833. The minimum Gasteiger partial charge on any atom is -0.458 e. The Kier molecular flexibility index (Phi) is 7.09. The molecule has 0 saturated heterocycles. The second-order valence-electron chi connectivity index (χ2n) is 7.30. The first-order valence-corrected chi connectivity index (χ1v) is 10.9. The maximum atomic E-state index is 12.8. The number of rotatable bonds is 7. The Morgan fingerprint density at radius 1 is 1.31 bits per heavy atom. The van der Waals surface area contributed by atoms with E-state index in [0.717, 1.165) is 17.1 Å². The molecule has 7 nitrogen and oxygen atoms in total. The van der Waals surface area contributed by atoms with Gasteiger partial charge >= 0.3 is 12.1 Å². The number of fused-ring (bicyclic) bond motifs is 1. The van der Waals surface area contributed by atoms with Crippen LogP contribution in [0.25, 0.3) is 4.96 Å². The molecule has 0 saturated carbocycles. The van der Waals surface area contributed by atoms with Crippen LogP contribution < -0.4 is 10.9 Å². The average molecular weight is 489 g/mol. The molecule has 0 aliphatic rings. The highest BCUT2D eigenvalue weighted by Crippen LogP contribution is 2.34. The predicted octanol–water partition coefficient (Wildman–Crippen LogP) is 4.57. The molecule has 32 heavy (non-hydrogen) atoms. The van der Waals surface area contributed by atoms with Crippen molar-refractivity contribution in [3.05, 3.63) is 55.9 Å². The molecule has 0 amide bonds. The van der Waals surface area contributed by atoms with Crippen LogP contribution >= 0.6 is 22.9 Å². The number of anilines is 1. The molecule has 2 heterocycles. The van der Waals surface area contributed by atoms with Gasteiger partial charge in [-0.15, -0.1) is 0 Å². The number of nitrogens with one attached hydrogen (secondary N) is 1. The average Bonchev–Trinajstić information content (AvgIpc) is 3.14. The second-order valence-corrected chi connectivity index (χ2v) is 8.74. The number of hydrogen-bond acceptors (Lipinski definition) is 7. The summed E-state index contributed by atoms with van der Waals surface area (Å²) in [5, 5.41) is 7.58. The van der Waals surface area contributed by atoms with Crippen molar-refractivity contribution in [3.8, 4) is 0 Å². The van der Waals surface area contributed by atoms with Crippen LogP contribution in [0.5, 0.6) is 0 Å². The number of ether oxygens (including phenoxy) is 1. The molecule has 0 radical (unpaired) electrons. The molecule has 3 rings (SSSR count). The number of nitrogens with zero attached hydrogens (tertiary/aromatic N) is 3. The van der Waals surface area contributed by atoms with Gasteiger partial charge in [-0.2, -0.15) is 22.8 Å². The van der Waals surface area contributed by atoms with Gasteiger partial charge < -0.3 is 10.1 Å². The van der Waals surface area contributed by atoms with Crippen LogP contribution in [0.4, 0.5) is 18.9 Å². The Bertz CT molecular complexity index is 1190. The first kappa shape index (κ1) is 24.0. The molecule has 172 valence electrons. The molecule has 0 fully saturated rings. The number of esters is 1. The van der Waals surface area contributed by atoms with Crippen molar-refractivity contribution in [3.63, 3.8) is 0 Å². The highest BCUT2D eigenvalue weighted by molar-refractivity contribution is 7.16. The monoisotopic (exact) mass is 488 g/mol. The van der Waals surface area contributed by atoms with Gasteiger partial charge in [0.1, 0.15) is 17.7 Å². The van der Waals surface area contributed by atoms with Crippen LogP contribution in [0.2, 0.25) is 5.02 Å². The molecular weight excluding hydrogens is 469 g/mol. The van der Waals surface area contributed by atoms with E-state index in [1.165, 1.54) is 28.0 Å². The standard InChI is InChI=1S/C20H20ClF3N4O3S/c1-4-15-27-28-16(29)8-12(25-19(28)32-15)9-31-18(30)17(10(2)3)26-14-6-5-11(7-13(14)21)20(22,23)24/h5-8,10,17,26H,4,9H2,1-3H3/t17-/m0/s1. The lowest BCUT2D eigenvalue weighted by atomic mass is 10.0. The third-order valence-electron chi connectivity index (χ3n) is 4.53. The van der Waals surface area contributed by atoms with Gasteiger partial charge in [-0.05, 0) is 30.5 Å². The van der Waals surface area contributed by atoms with E-state index in [9.17, 15) is 22.8 Å². The fraction of sp³-hybridized carbons (Fsp3) is 0.400. The van der Waals surface area contributed by atoms with E-state index < -0.39 is 23.8 Å². The molecule has 0 aliphatic carbocycles. The minimum absolute atomic E-state index is 0.171. The molecular formula is C20H20ClF3N4O3S. The van der Waals surface area contributed by atoms with E-state index in [0.29, 0.717) is 11.4 Å². The molecule has 1 aromatic carbocycles. The summed E-state index contributed by atoms with van der Waals surface area (Å²) in [6.07, 6.45) is -3.87. The Hall–Kier alpha value is -2.66. The first-order valence-electron chi connectivity index (χ1n) is 9.68. The molecule has 0 aliphatic heterocycles. The lowest BCUT2D eigenvalue weighted by Crippen LogP contribution is -2.36. The summed E-state index contributed by atoms with van der Waals surface area (Å²) < 4.78 is 45.0. The van der Waals surface area contributed by atoms with Crippen molar-refractivity contribution in [2.24, 2.45) is 5.92 Å². The zero-order chi connectivity index (χ0) is 23.6. The summed E-state index contributed by atoms with van der Waals surface area (Å²) in [6.45, 7) is 5.16. The smallest absolute Gasteiger partial charge is 0.416 e. The van der Waals surface area contributed by atoms with E-state index in [2.05, 4.69) is 15.4 Å². The fourth-order valence-corrected chi connectivity index (χ4v) is 3.91. The van der Waals surface area contributed by atoms with Gasteiger partial charge in [0.2, 0.25) is 4.96 Å². The number of alkyl halides is 3. The zero-order valence-electron chi connectivity index (χ0n) is 17.4. The lowest BCUT2D eigenvalue weighted by molar-refractivity contribution is -0.147. The van der Waals surface area contributed by atoms with Gasteiger partial charge in [-0.25, -0.2) is 9.78 Å². The van der Waals surface area contributed by atoms with Crippen LogP contribution in [0, 0.1) is 5.92 Å². The highest BCUT2D eigenvalue weighted by atomic mass is 35.5. The van der Waals surface area contributed by atoms with E-state index in [-0.39, 0.29) is 34.5 Å². The fourth-order valence-electron chi connectivity index (χ4n) is 2.82. The quantitative estimate of drug-likeness (QED) is 0.490. The van der Waals surface area contributed by atoms with Crippen LogP contribution in [-0.4, -0.2) is 26.6 Å². The summed E-state index contributed by atoms with van der Waals surface area (Å²) in [5.74, 6) is -0.924. The first-order chi connectivity index (χ1) is 15.0. The van der Waals surface area contributed by atoms with Gasteiger partial charge in [0.05, 0.1) is 22.0 Å². The van der Waals surface area contributed by atoms with Gasteiger partial charge in [0.25, 0.3) is 5.56 Å². The van der Waals surface area contributed by atoms with E-state index in [1.54, 1.807) is 13.8 Å². The van der Waals surface area contributed by atoms with Crippen molar-refractivity contribution in [2.45, 2.75) is 46.0 Å². The molecule has 3 aromatic rings. The second kappa shape index (κ2) is 9.45. The SMILES string of the molecule is CCc1nn2c(=O)cc(COC(=O)[C@@H](Nc3ccc(C(F)(F)F)cc3Cl)C(C)C)nc2s1.